The number of aromatic nitrogens is 2. The van der Waals surface area contributed by atoms with Crippen LogP contribution in [-0.2, 0) is 23.1 Å². The second-order valence-electron chi connectivity index (χ2n) is 4.36. The minimum atomic E-state index is -3.61. The van der Waals surface area contributed by atoms with E-state index in [4.69, 9.17) is 4.42 Å². The molecule has 0 atom stereocenters. The maximum atomic E-state index is 12.2. The van der Waals surface area contributed by atoms with Crippen LogP contribution in [0.3, 0.4) is 0 Å². The number of H-pyrrole nitrogens is 1. The topological polar surface area (TPSA) is 100 Å². The summed E-state index contributed by atoms with van der Waals surface area (Å²) < 4.78 is 31.8. The van der Waals surface area contributed by atoms with Crippen molar-refractivity contribution in [2.24, 2.45) is 0 Å². The van der Waals surface area contributed by atoms with Gasteiger partial charge in [-0.15, -0.1) is 0 Å². The third-order valence-corrected chi connectivity index (χ3v) is 4.15. The van der Waals surface area contributed by atoms with Crippen LogP contribution in [0, 0.1) is 0 Å². The Hall–Kier alpha value is -1.64. The molecule has 0 saturated carbocycles. The molecular weight excluding hydrogens is 280 g/mol. The lowest BCUT2D eigenvalue weighted by Gasteiger charge is -2.06. The Morgan fingerprint density at radius 1 is 1.40 bits per heavy atom. The van der Waals surface area contributed by atoms with E-state index in [9.17, 15) is 8.42 Å². The van der Waals surface area contributed by atoms with E-state index in [0.29, 0.717) is 12.1 Å². The van der Waals surface area contributed by atoms with Crippen molar-refractivity contribution in [1.29, 1.82) is 0 Å². The second kappa shape index (κ2) is 6.69. The molecule has 0 aliphatic carbocycles. The smallest absolute Gasteiger partial charge is 0.258 e. The molecular formula is C12H18N4O3S. The summed E-state index contributed by atoms with van der Waals surface area (Å²) in [7, 11) is -3.61. The third kappa shape index (κ3) is 3.69. The van der Waals surface area contributed by atoms with Crippen molar-refractivity contribution in [2.45, 2.75) is 31.5 Å². The van der Waals surface area contributed by atoms with Crippen LogP contribution in [-0.4, -0.2) is 25.2 Å². The van der Waals surface area contributed by atoms with Crippen molar-refractivity contribution in [2.75, 3.05) is 6.54 Å². The van der Waals surface area contributed by atoms with E-state index in [-0.39, 0.29) is 11.6 Å². The van der Waals surface area contributed by atoms with E-state index >= 15 is 0 Å². The Morgan fingerprint density at radius 3 is 2.95 bits per heavy atom. The van der Waals surface area contributed by atoms with Crippen LogP contribution in [0.15, 0.2) is 34.2 Å². The normalized spacial score (nSPS) is 11.8. The first-order chi connectivity index (χ1) is 9.63. The predicted molar refractivity (Wildman–Crippen MR) is 73.3 cm³/mol. The molecule has 0 aromatic carbocycles. The number of aromatic amines is 1. The molecule has 0 radical (unpaired) electrons. The molecule has 0 amide bonds. The standard InChI is InChI=1S/C12H18N4O3S/c1-2-4-13-7-11-8-14-16-12(11)20(17,18)15-6-10-3-5-19-9-10/h3,5,8-9,13,15H,2,4,6-7H2,1H3,(H,14,16). The zero-order valence-corrected chi connectivity index (χ0v) is 12.0. The van der Waals surface area contributed by atoms with Crippen LogP contribution < -0.4 is 10.0 Å². The zero-order chi connectivity index (χ0) is 14.4. The molecule has 110 valence electrons. The van der Waals surface area contributed by atoms with Crippen molar-refractivity contribution in [1.82, 2.24) is 20.2 Å². The highest BCUT2D eigenvalue weighted by Crippen LogP contribution is 2.12. The van der Waals surface area contributed by atoms with E-state index in [1.54, 1.807) is 6.07 Å². The highest BCUT2D eigenvalue weighted by molar-refractivity contribution is 7.89. The Balaban J connectivity index is 2.03. The van der Waals surface area contributed by atoms with Gasteiger partial charge < -0.3 is 9.73 Å². The Kier molecular flexibility index (Phi) is 4.94. The lowest BCUT2D eigenvalue weighted by molar-refractivity contribution is 0.560. The molecule has 0 saturated heterocycles. The molecule has 8 heteroatoms. The maximum absolute atomic E-state index is 12.2. The van der Waals surface area contributed by atoms with Gasteiger partial charge in [0.2, 0.25) is 0 Å². The molecule has 2 aromatic heterocycles. The van der Waals surface area contributed by atoms with Gasteiger partial charge in [0.1, 0.15) is 0 Å². The number of furan rings is 1. The van der Waals surface area contributed by atoms with Crippen LogP contribution in [0.25, 0.3) is 0 Å². The van der Waals surface area contributed by atoms with Crippen LogP contribution in [0.5, 0.6) is 0 Å². The summed E-state index contributed by atoms with van der Waals surface area (Å²) >= 11 is 0. The summed E-state index contributed by atoms with van der Waals surface area (Å²) in [6, 6.07) is 1.71. The quantitative estimate of drug-likeness (QED) is 0.631. The minimum Gasteiger partial charge on any atom is -0.472 e. The van der Waals surface area contributed by atoms with Gasteiger partial charge in [-0.3, -0.25) is 5.10 Å². The van der Waals surface area contributed by atoms with Crippen molar-refractivity contribution < 1.29 is 12.8 Å². The molecule has 2 aromatic rings. The van der Waals surface area contributed by atoms with Gasteiger partial charge in [-0.25, -0.2) is 13.1 Å². The molecule has 2 heterocycles. The van der Waals surface area contributed by atoms with Gasteiger partial charge in [0.15, 0.2) is 5.03 Å². The molecule has 3 N–H and O–H groups in total. The van der Waals surface area contributed by atoms with Crippen LogP contribution in [0.2, 0.25) is 0 Å². The van der Waals surface area contributed by atoms with Gasteiger partial charge in [0.05, 0.1) is 18.7 Å². The van der Waals surface area contributed by atoms with E-state index in [2.05, 4.69) is 20.2 Å². The van der Waals surface area contributed by atoms with Gasteiger partial charge >= 0.3 is 0 Å². The van der Waals surface area contributed by atoms with Gasteiger partial charge in [-0.05, 0) is 19.0 Å². The monoisotopic (exact) mass is 298 g/mol. The molecule has 2 rings (SSSR count). The van der Waals surface area contributed by atoms with Crippen molar-refractivity contribution in [3.63, 3.8) is 0 Å². The molecule has 7 nitrogen and oxygen atoms in total. The Morgan fingerprint density at radius 2 is 2.25 bits per heavy atom. The number of nitrogens with zero attached hydrogens (tertiary/aromatic N) is 1. The highest BCUT2D eigenvalue weighted by Gasteiger charge is 2.20. The summed E-state index contributed by atoms with van der Waals surface area (Å²) in [5.41, 5.74) is 1.39. The molecule has 20 heavy (non-hydrogen) atoms. The summed E-state index contributed by atoms with van der Waals surface area (Å²) in [5, 5.41) is 9.60. The van der Waals surface area contributed by atoms with Crippen molar-refractivity contribution in [3.05, 3.63) is 35.9 Å². The van der Waals surface area contributed by atoms with Crippen LogP contribution in [0.1, 0.15) is 24.5 Å². The van der Waals surface area contributed by atoms with Crippen LogP contribution >= 0.6 is 0 Å². The maximum Gasteiger partial charge on any atom is 0.258 e. The highest BCUT2D eigenvalue weighted by atomic mass is 32.2. The van der Waals surface area contributed by atoms with Crippen LogP contribution in [0.4, 0.5) is 0 Å². The van der Waals surface area contributed by atoms with E-state index < -0.39 is 10.0 Å². The largest absolute Gasteiger partial charge is 0.472 e. The van der Waals surface area contributed by atoms with Gasteiger partial charge in [0, 0.05) is 24.2 Å². The number of sulfonamides is 1. The first-order valence-electron chi connectivity index (χ1n) is 6.37. The summed E-state index contributed by atoms with van der Waals surface area (Å²) in [4.78, 5) is 0. The first-order valence-corrected chi connectivity index (χ1v) is 7.85. The fourth-order valence-corrected chi connectivity index (χ4v) is 2.85. The van der Waals surface area contributed by atoms with Gasteiger partial charge in [-0.1, -0.05) is 6.92 Å². The third-order valence-electron chi connectivity index (χ3n) is 2.74. The Labute approximate surface area is 117 Å². The first kappa shape index (κ1) is 14.8. The fourth-order valence-electron chi connectivity index (χ4n) is 1.70. The number of hydrogen-bond donors (Lipinski definition) is 3. The summed E-state index contributed by atoms with van der Waals surface area (Å²) in [5.74, 6) is 0. The number of hydrogen-bond acceptors (Lipinski definition) is 5. The summed E-state index contributed by atoms with van der Waals surface area (Å²) in [6.45, 7) is 3.52. The predicted octanol–water partition coefficient (Wildman–Crippen LogP) is 0.981. The average molecular weight is 298 g/mol. The number of nitrogens with one attached hydrogen (secondary N) is 3. The SMILES string of the molecule is CCCNCc1cn[nH]c1S(=O)(=O)NCc1ccoc1. The molecule has 0 fully saturated rings. The lowest BCUT2D eigenvalue weighted by atomic mass is 10.3. The molecule has 0 spiro atoms. The average Bonchev–Trinajstić information content (AvgIpc) is 3.08. The lowest BCUT2D eigenvalue weighted by Crippen LogP contribution is -2.25. The van der Waals surface area contributed by atoms with Crippen molar-refractivity contribution >= 4 is 10.0 Å². The molecule has 0 bridgehead atoms. The zero-order valence-electron chi connectivity index (χ0n) is 11.2. The van der Waals surface area contributed by atoms with E-state index in [1.807, 2.05) is 6.92 Å². The second-order valence-corrected chi connectivity index (χ2v) is 6.06. The molecule has 0 aliphatic heterocycles. The minimum absolute atomic E-state index is 0.101. The molecule has 0 aliphatic rings. The van der Waals surface area contributed by atoms with Gasteiger partial charge in [0.25, 0.3) is 10.0 Å². The number of rotatable bonds is 8. The molecule has 0 unspecified atom stereocenters. The van der Waals surface area contributed by atoms with E-state index in [0.717, 1.165) is 18.5 Å². The van der Waals surface area contributed by atoms with Gasteiger partial charge in [-0.2, -0.15) is 5.10 Å². The van der Waals surface area contributed by atoms with E-state index in [1.165, 1.54) is 18.7 Å². The summed E-state index contributed by atoms with van der Waals surface area (Å²) in [6.07, 6.45) is 5.51. The van der Waals surface area contributed by atoms with Crippen molar-refractivity contribution in [3.8, 4) is 0 Å². The Bertz CT molecular complexity index is 619. The fraction of sp³-hybridized carbons (Fsp3) is 0.417.